The maximum atomic E-state index is 15.3. The Bertz CT molecular complexity index is 1090. The van der Waals surface area contributed by atoms with Crippen LogP contribution in [-0.2, 0) is 19.1 Å². The molecular formula is C26H35FN4O6. The van der Waals surface area contributed by atoms with Gasteiger partial charge in [0.25, 0.3) is 5.91 Å². The predicted molar refractivity (Wildman–Crippen MR) is 133 cm³/mol. The van der Waals surface area contributed by atoms with Crippen molar-refractivity contribution >= 4 is 35.9 Å². The molecule has 1 N–H and O–H groups in total. The lowest BCUT2D eigenvalue weighted by Gasteiger charge is -2.57. The van der Waals surface area contributed by atoms with E-state index in [1.54, 1.807) is 38.7 Å². The second kappa shape index (κ2) is 10.9. The minimum Gasteiger partial charge on any atom is -0.444 e. The number of amides is 5. The van der Waals surface area contributed by atoms with Gasteiger partial charge in [0.15, 0.2) is 0 Å². The molecule has 3 aliphatic heterocycles. The van der Waals surface area contributed by atoms with Crippen molar-refractivity contribution in [2.24, 2.45) is 0 Å². The molecular weight excluding hydrogens is 483 g/mol. The topological polar surface area (TPSA) is 116 Å². The van der Waals surface area contributed by atoms with E-state index in [4.69, 9.17) is 4.74 Å². The van der Waals surface area contributed by atoms with Crippen molar-refractivity contribution in [2.75, 3.05) is 18.0 Å². The first-order valence-electron chi connectivity index (χ1n) is 12.6. The zero-order valence-electron chi connectivity index (χ0n) is 22.2. The summed E-state index contributed by atoms with van der Waals surface area (Å²) in [4.78, 5) is 64.9. The molecule has 0 aliphatic carbocycles. The maximum absolute atomic E-state index is 15.3. The summed E-state index contributed by atoms with van der Waals surface area (Å²) in [5, 5.41) is 2.11. The smallest absolute Gasteiger partial charge is 0.410 e. The van der Waals surface area contributed by atoms with Crippen LogP contribution in [0.2, 0.25) is 0 Å². The number of aryl methyl sites for hydroxylation is 1. The van der Waals surface area contributed by atoms with Crippen LogP contribution in [0.5, 0.6) is 0 Å². The highest BCUT2D eigenvalue weighted by Crippen LogP contribution is 2.39. The van der Waals surface area contributed by atoms with Gasteiger partial charge in [-0.15, -0.1) is 0 Å². The fourth-order valence-corrected chi connectivity index (χ4v) is 4.92. The van der Waals surface area contributed by atoms with Crippen LogP contribution in [0.25, 0.3) is 0 Å². The van der Waals surface area contributed by atoms with Gasteiger partial charge >= 0.3 is 6.09 Å². The lowest BCUT2D eigenvalue weighted by Crippen LogP contribution is -2.70. The number of hydrogen-bond acceptors (Lipinski definition) is 7. The van der Waals surface area contributed by atoms with Gasteiger partial charge in [-0.25, -0.2) is 9.18 Å². The number of benzene rings is 1. The third-order valence-electron chi connectivity index (χ3n) is 6.54. The van der Waals surface area contributed by atoms with Crippen molar-refractivity contribution in [3.05, 3.63) is 29.1 Å². The van der Waals surface area contributed by atoms with E-state index in [0.717, 1.165) is 12.5 Å². The first kappa shape index (κ1) is 28.1. The Morgan fingerprint density at radius 3 is 2.32 bits per heavy atom. The Hall–Kier alpha value is -3.50. The summed E-state index contributed by atoms with van der Waals surface area (Å²) in [5.41, 5.74) is 0.124. The molecule has 3 fully saturated rings. The molecule has 11 heteroatoms. The van der Waals surface area contributed by atoms with Crippen molar-refractivity contribution in [3.63, 3.8) is 0 Å². The van der Waals surface area contributed by atoms with Crippen molar-refractivity contribution < 1.29 is 33.1 Å². The van der Waals surface area contributed by atoms with Crippen molar-refractivity contribution in [1.29, 1.82) is 0 Å². The SMILES string of the molecule is CC.Cc1cc(N2C3CC2CN(C(=O)OC(C)(C)C)C3)c(F)cc1C(=O)N(C=O)C1CCC(=O)NC1=O. The molecule has 0 radical (unpaired) electrons. The molecule has 5 amide bonds. The zero-order valence-corrected chi connectivity index (χ0v) is 22.2. The summed E-state index contributed by atoms with van der Waals surface area (Å²) in [7, 11) is 0. The molecule has 3 heterocycles. The van der Waals surface area contributed by atoms with Gasteiger partial charge in [0.1, 0.15) is 17.5 Å². The number of rotatable bonds is 4. The molecule has 4 rings (SSSR count). The largest absolute Gasteiger partial charge is 0.444 e. The number of carbonyl (C=O) groups excluding carboxylic acids is 5. The van der Waals surface area contributed by atoms with Gasteiger partial charge in [-0.3, -0.25) is 29.4 Å². The molecule has 2 bridgehead atoms. The zero-order chi connectivity index (χ0) is 27.7. The highest BCUT2D eigenvalue weighted by atomic mass is 19.1. The summed E-state index contributed by atoms with van der Waals surface area (Å²) in [5.74, 6) is -2.65. The highest BCUT2D eigenvalue weighted by molar-refractivity contribution is 6.07. The van der Waals surface area contributed by atoms with E-state index >= 15 is 4.39 Å². The third-order valence-corrected chi connectivity index (χ3v) is 6.54. The fraction of sp³-hybridized carbons (Fsp3) is 0.577. The third kappa shape index (κ3) is 5.75. The Morgan fingerprint density at radius 2 is 1.78 bits per heavy atom. The molecule has 37 heavy (non-hydrogen) atoms. The first-order chi connectivity index (χ1) is 17.4. The van der Waals surface area contributed by atoms with Crippen LogP contribution in [0.4, 0.5) is 14.9 Å². The Kier molecular flexibility index (Phi) is 8.24. The highest BCUT2D eigenvalue weighted by Gasteiger charge is 2.48. The molecule has 3 unspecified atom stereocenters. The van der Waals surface area contributed by atoms with Gasteiger partial charge in [0.2, 0.25) is 18.2 Å². The Balaban J connectivity index is 0.00000186. The molecule has 202 valence electrons. The van der Waals surface area contributed by atoms with E-state index in [0.29, 0.717) is 29.2 Å². The van der Waals surface area contributed by atoms with E-state index < -0.39 is 41.3 Å². The van der Waals surface area contributed by atoms with Gasteiger partial charge in [-0.05, 0) is 58.2 Å². The van der Waals surface area contributed by atoms with E-state index in [-0.39, 0.29) is 36.9 Å². The molecule has 0 saturated carbocycles. The number of piperazine rings is 1. The number of hydrogen-bond donors (Lipinski definition) is 1. The van der Waals surface area contributed by atoms with Crippen LogP contribution in [-0.4, -0.2) is 76.8 Å². The average molecular weight is 519 g/mol. The number of ether oxygens (including phenoxy) is 1. The van der Waals surface area contributed by atoms with Crippen LogP contribution >= 0.6 is 0 Å². The van der Waals surface area contributed by atoms with Gasteiger partial charge < -0.3 is 14.5 Å². The molecule has 1 aromatic rings. The van der Waals surface area contributed by atoms with E-state index in [9.17, 15) is 24.0 Å². The molecule has 3 aliphatic rings. The fourth-order valence-electron chi connectivity index (χ4n) is 4.92. The molecule has 0 spiro atoms. The van der Waals surface area contributed by atoms with Crippen molar-refractivity contribution in [3.8, 4) is 0 Å². The number of nitrogens with one attached hydrogen (secondary N) is 1. The minimum atomic E-state index is -1.13. The molecule has 1 aromatic carbocycles. The normalized spacial score (nSPS) is 22.7. The number of carbonyl (C=O) groups is 5. The molecule has 10 nitrogen and oxygen atoms in total. The molecule has 0 aromatic heterocycles. The van der Waals surface area contributed by atoms with Crippen molar-refractivity contribution in [1.82, 2.24) is 15.1 Å². The second-order valence-corrected chi connectivity index (χ2v) is 10.2. The number of halogens is 1. The lowest BCUT2D eigenvalue weighted by atomic mass is 9.86. The maximum Gasteiger partial charge on any atom is 0.410 e. The second-order valence-electron chi connectivity index (χ2n) is 10.2. The number of fused-ring (bicyclic) bond motifs is 2. The standard InChI is InChI=1S/C24H29FN4O6.C2H6/c1-13-7-19(29-14-8-15(29)11-27(10-14)23(34)35-24(2,3)4)17(25)9-16(13)22(33)28(12-30)18-5-6-20(31)26-21(18)32;1-2/h7,9,12,14-15,18H,5-6,8,10-11H2,1-4H3,(H,26,31,32);1-2H3. The quantitative estimate of drug-likeness (QED) is 0.481. The number of likely N-dealkylation sites (tertiary alicyclic amines) is 1. The average Bonchev–Trinajstić information content (AvgIpc) is 2.83. The van der Waals surface area contributed by atoms with Crippen LogP contribution in [0.15, 0.2) is 12.1 Å². The van der Waals surface area contributed by atoms with Crippen molar-refractivity contribution in [2.45, 2.75) is 84.5 Å². The van der Waals surface area contributed by atoms with E-state index in [1.165, 1.54) is 0 Å². The van der Waals surface area contributed by atoms with Gasteiger partial charge in [0, 0.05) is 37.2 Å². The minimum absolute atomic E-state index is 0.00163. The van der Waals surface area contributed by atoms with Crippen LogP contribution in [0.3, 0.4) is 0 Å². The lowest BCUT2D eigenvalue weighted by molar-refractivity contribution is -0.139. The number of piperidine rings is 2. The first-order valence-corrected chi connectivity index (χ1v) is 12.6. The predicted octanol–water partition coefficient (Wildman–Crippen LogP) is 2.76. The Morgan fingerprint density at radius 1 is 1.16 bits per heavy atom. The number of nitrogens with zero attached hydrogens (tertiary/aromatic N) is 3. The van der Waals surface area contributed by atoms with E-state index in [1.807, 2.05) is 18.7 Å². The van der Waals surface area contributed by atoms with Crippen LogP contribution in [0, 0.1) is 12.7 Å². The number of imide groups is 2. The summed E-state index contributed by atoms with van der Waals surface area (Å²) in [6.45, 7) is 11.8. The molecule has 3 atom stereocenters. The van der Waals surface area contributed by atoms with Crippen LogP contribution in [0.1, 0.15) is 69.8 Å². The van der Waals surface area contributed by atoms with E-state index in [2.05, 4.69) is 5.32 Å². The van der Waals surface area contributed by atoms with Gasteiger partial charge in [0.05, 0.1) is 5.69 Å². The summed E-state index contributed by atoms with van der Waals surface area (Å²) >= 11 is 0. The van der Waals surface area contributed by atoms with Gasteiger partial charge in [-0.2, -0.15) is 0 Å². The summed E-state index contributed by atoms with van der Waals surface area (Å²) < 4.78 is 20.7. The van der Waals surface area contributed by atoms with Crippen LogP contribution < -0.4 is 10.2 Å². The Labute approximate surface area is 216 Å². The summed E-state index contributed by atoms with van der Waals surface area (Å²) in [6, 6.07) is 1.35. The number of anilines is 1. The molecule has 3 saturated heterocycles. The van der Waals surface area contributed by atoms with Gasteiger partial charge in [-0.1, -0.05) is 13.8 Å². The summed E-state index contributed by atoms with van der Waals surface area (Å²) in [6.07, 6.45) is 0.663. The monoisotopic (exact) mass is 518 g/mol.